The Morgan fingerprint density at radius 1 is 1.18 bits per heavy atom. The van der Waals surface area contributed by atoms with E-state index in [9.17, 15) is 4.79 Å². The monoisotopic (exact) mass is 229 g/mol. The summed E-state index contributed by atoms with van der Waals surface area (Å²) in [6, 6.07) is 3.28. The minimum atomic E-state index is -0.105. The predicted octanol–water partition coefficient (Wildman–Crippen LogP) is 2.37. The maximum atomic E-state index is 11.2. The van der Waals surface area contributed by atoms with Gasteiger partial charge in [-0.25, -0.2) is 9.97 Å². The van der Waals surface area contributed by atoms with Crippen molar-refractivity contribution < 1.29 is 0 Å². The minimum Gasteiger partial charge on any atom is -0.319 e. The largest absolute Gasteiger partial charge is 0.319 e. The maximum Gasteiger partial charge on any atom is 0.248 e. The highest BCUT2D eigenvalue weighted by Crippen LogP contribution is 2.30. The Balaban J connectivity index is 2.01. The van der Waals surface area contributed by atoms with Gasteiger partial charge >= 0.3 is 0 Å². The van der Waals surface area contributed by atoms with Crippen molar-refractivity contribution in [3.8, 4) is 0 Å². The van der Waals surface area contributed by atoms with Crippen LogP contribution in [0.2, 0.25) is 0 Å². The molecule has 4 nitrogen and oxygen atoms in total. The number of aromatic amines is 1. The van der Waals surface area contributed by atoms with Gasteiger partial charge in [0.05, 0.1) is 17.2 Å². The molecule has 0 bridgehead atoms. The van der Waals surface area contributed by atoms with E-state index in [1.807, 2.05) is 0 Å². The fourth-order valence-corrected chi connectivity index (χ4v) is 2.52. The van der Waals surface area contributed by atoms with Crippen molar-refractivity contribution in [2.24, 2.45) is 0 Å². The molecule has 1 aliphatic rings. The molecule has 2 aromatic rings. The summed E-state index contributed by atoms with van der Waals surface area (Å²) >= 11 is 0. The summed E-state index contributed by atoms with van der Waals surface area (Å²) in [6.07, 6.45) is 7.99. The summed E-state index contributed by atoms with van der Waals surface area (Å²) in [5, 5.41) is 0. The first-order valence-corrected chi connectivity index (χ1v) is 6.19. The number of nitrogens with one attached hydrogen (secondary N) is 1. The van der Waals surface area contributed by atoms with Gasteiger partial charge in [-0.1, -0.05) is 19.3 Å². The van der Waals surface area contributed by atoms with Crippen LogP contribution in [0.4, 0.5) is 0 Å². The molecule has 1 N–H and O–H groups in total. The van der Waals surface area contributed by atoms with E-state index >= 15 is 0 Å². The third kappa shape index (κ3) is 2.07. The van der Waals surface area contributed by atoms with E-state index in [-0.39, 0.29) is 5.56 Å². The summed E-state index contributed by atoms with van der Waals surface area (Å²) in [4.78, 5) is 22.8. The minimum absolute atomic E-state index is 0.105. The van der Waals surface area contributed by atoms with Crippen LogP contribution in [0.5, 0.6) is 0 Å². The van der Waals surface area contributed by atoms with Crippen molar-refractivity contribution in [1.82, 2.24) is 15.0 Å². The van der Waals surface area contributed by atoms with E-state index in [1.54, 1.807) is 12.3 Å². The van der Waals surface area contributed by atoms with Gasteiger partial charge in [0.2, 0.25) is 5.56 Å². The summed E-state index contributed by atoms with van der Waals surface area (Å²) in [7, 11) is 0. The van der Waals surface area contributed by atoms with Crippen molar-refractivity contribution in [1.29, 1.82) is 0 Å². The third-order valence-electron chi connectivity index (χ3n) is 3.46. The van der Waals surface area contributed by atoms with E-state index in [4.69, 9.17) is 0 Å². The Morgan fingerprint density at radius 3 is 2.82 bits per heavy atom. The first-order chi connectivity index (χ1) is 8.33. The molecule has 0 aromatic carbocycles. The molecule has 0 amide bonds. The Bertz CT molecular complexity index is 584. The smallest absolute Gasteiger partial charge is 0.248 e. The highest BCUT2D eigenvalue weighted by molar-refractivity contribution is 5.72. The molecule has 2 heterocycles. The number of nitrogens with zero attached hydrogens (tertiary/aromatic N) is 2. The lowest BCUT2D eigenvalue weighted by molar-refractivity contribution is 0.429. The van der Waals surface area contributed by atoms with Crippen LogP contribution in [0.25, 0.3) is 11.0 Å². The van der Waals surface area contributed by atoms with Gasteiger partial charge in [0.1, 0.15) is 5.82 Å². The fourth-order valence-electron chi connectivity index (χ4n) is 2.52. The molecule has 3 rings (SSSR count). The van der Waals surface area contributed by atoms with Crippen LogP contribution in [0.1, 0.15) is 43.8 Å². The number of pyridine rings is 1. The average Bonchev–Trinajstić information content (AvgIpc) is 2.39. The molecule has 0 spiro atoms. The second kappa shape index (κ2) is 4.28. The zero-order valence-electron chi connectivity index (χ0n) is 9.65. The van der Waals surface area contributed by atoms with Crippen molar-refractivity contribution in [2.75, 3.05) is 0 Å². The van der Waals surface area contributed by atoms with Gasteiger partial charge in [-0.05, 0) is 18.9 Å². The molecular formula is C13H15N3O. The van der Waals surface area contributed by atoms with E-state index in [1.165, 1.54) is 38.2 Å². The van der Waals surface area contributed by atoms with E-state index in [2.05, 4.69) is 15.0 Å². The van der Waals surface area contributed by atoms with Crippen molar-refractivity contribution in [3.05, 3.63) is 34.5 Å². The van der Waals surface area contributed by atoms with Crippen LogP contribution >= 0.6 is 0 Å². The summed E-state index contributed by atoms with van der Waals surface area (Å²) in [6.45, 7) is 0. The Labute approximate surface area is 99.1 Å². The quantitative estimate of drug-likeness (QED) is 0.816. The van der Waals surface area contributed by atoms with E-state index < -0.39 is 0 Å². The Kier molecular flexibility index (Phi) is 2.63. The zero-order valence-corrected chi connectivity index (χ0v) is 9.65. The predicted molar refractivity (Wildman–Crippen MR) is 66.0 cm³/mol. The molecule has 2 aromatic heterocycles. The molecule has 4 heteroatoms. The van der Waals surface area contributed by atoms with Crippen molar-refractivity contribution >= 4 is 11.0 Å². The van der Waals surface area contributed by atoms with E-state index in [0.717, 1.165) is 16.9 Å². The highest BCUT2D eigenvalue weighted by atomic mass is 16.1. The van der Waals surface area contributed by atoms with Gasteiger partial charge in [0.25, 0.3) is 0 Å². The second-order valence-electron chi connectivity index (χ2n) is 4.68. The molecule has 0 saturated heterocycles. The maximum absolute atomic E-state index is 11.2. The molecule has 0 aliphatic heterocycles. The van der Waals surface area contributed by atoms with Crippen molar-refractivity contribution in [3.63, 3.8) is 0 Å². The van der Waals surface area contributed by atoms with Gasteiger partial charge in [-0.2, -0.15) is 0 Å². The number of H-pyrrole nitrogens is 1. The number of fused-ring (bicyclic) bond motifs is 1. The lowest BCUT2D eigenvalue weighted by Gasteiger charge is -2.20. The lowest BCUT2D eigenvalue weighted by atomic mass is 9.89. The molecule has 88 valence electrons. The molecular weight excluding hydrogens is 214 g/mol. The van der Waals surface area contributed by atoms with Crippen LogP contribution < -0.4 is 5.56 Å². The molecule has 0 unspecified atom stereocenters. The van der Waals surface area contributed by atoms with Crippen LogP contribution in [0.3, 0.4) is 0 Å². The summed E-state index contributed by atoms with van der Waals surface area (Å²) in [5.74, 6) is 1.43. The average molecular weight is 229 g/mol. The standard InChI is InChI=1S/C13H15N3O/c17-12-7-6-10-11(15-12)8-14-13(16-10)9-4-2-1-3-5-9/h6-9H,1-5H2,(H,15,17). The topological polar surface area (TPSA) is 58.6 Å². The zero-order chi connectivity index (χ0) is 11.7. The van der Waals surface area contributed by atoms with Crippen LogP contribution in [-0.2, 0) is 0 Å². The molecule has 1 fully saturated rings. The van der Waals surface area contributed by atoms with Crippen LogP contribution in [0, 0.1) is 0 Å². The van der Waals surface area contributed by atoms with Gasteiger partial charge < -0.3 is 4.98 Å². The number of hydrogen-bond acceptors (Lipinski definition) is 3. The Morgan fingerprint density at radius 2 is 2.00 bits per heavy atom. The lowest BCUT2D eigenvalue weighted by Crippen LogP contribution is -2.10. The van der Waals surface area contributed by atoms with Gasteiger partial charge in [-0.15, -0.1) is 0 Å². The Hall–Kier alpha value is -1.71. The summed E-state index contributed by atoms with van der Waals surface area (Å²) in [5.41, 5.74) is 1.45. The SMILES string of the molecule is O=c1ccc2nc(C3CCCCC3)ncc2[nH]1. The first-order valence-electron chi connectivity index (χ1n) is 6.19. The summed E-state index contributed by atoms with van der Waals surface area (Å²) < 4.78 is 0. The van der Waals surface area contributed by atoms with Crippen LogP contribution in [0.15, 0.2) is 23.1 Å². The highest BCUT2D eigenvalue weighted by Gasteiger charge is 2.18. The van der Waals surface area contributed by atoms with E-state index in [0.29, 0.717) is 5.92 Å². The first kappa shape index (κ1) is 10.4. The van der Waals surface area contributed by atoms with Crippen molar-refractivity contribution in [2.45, 2.75) is 38.0 Å². The molecule has 1 aliphatic carbocycles. The number of rotatable bonds is 1. The molecule has 0 atom stereocenters. The molecule has 1 saturated carbocycles. The number of hydrogen-bond donors (Lipinski definition) is 1. The van der Waals surface area contributed by atoms with Gasteiger partial charge in [0, 0.05) is 12.0 Å². The second-order valence-corrected chi connectivity index (χ2v) is 4.68. The third-order valence-corrected chi connectivity index (χ3v) is 3.46. The fraction of sp³-hybridized carbons (Fsp3) is 0.462. The number of aromatic nitrogens is 3. The van der Waals surface area contributed by atoms with Gasteiger partial charge in [0.15, 0.2) is 0 Å². The van der Waals surface area contributed by atoms with Crippen LogP contribution in [-0.4, -0.2) is 15.0 Å². The molecule has 17 heavy (non-hydrogen) atoms. The van der Waals surface area contributed by atoms with Gasteiger partial charge in [-0.3, -0.25) is 4.79 Å². The normalized spacial score (nSPS) is 17.4. The molecule has 0 radical (unpaired) electrons.